The highest BCUT2D eigenvalue weighted by Gasteiger charge is 2.53. The van der Waals surface area contributed by atoms with Crippen molar-refractivity contribution in [3.05, 3.63) is 77.0 Å². The molecule has 5 unspecified atom stereocenters. The summed E-state index contributed by atoms with van der Waals surface area (Å²) in [6.45, 7) is 6.08. The number of quaternary nitrogens is 1. The fourth-order valence-electron chi connectivity index (χ4n) is 4.89. The highest BCUT2D eigenvalue weighted by molar-refractivity contribution is 5.14. The van der Waals surface area contributed by atoms with Gasteiger partial charge < -0.3 is 19.7 Å². The molecule has 1 aliphatic heterocycles. The van der Waals surface area contributed by atoms with E-state index in [1.165, 1.54) is 0 Å². The molecule has 5 atom stereocenters. The predicted molar refractivity (Wildman–Crippen MR) is 110 cm³/mol. The van der Waals surface area contributed by atoms with E-state index in [0.717, 1.165) is 24.0 Å². The quantitative estimate of drug-likeness (QED) is 0.748. The summed E-state index contributed by atoms with van der Waals surface area (Å²) in [5.74, 6) is 0.383. The van der Waals surface area contributed by atoms with Crippen molar-refractivity contribution in [3.63, 3.8) is 0 Å². The van der Waals surface area contributed by atoms with Gasteiger partial charge in [0.25, 0.3) is 0 Å². The Balaban J connectivity index is 1.42. The Labute approximate surface area is 168 Å². The van der Waals surface area contributed by atoms with Gasteiger partial charge in [-0.3, -0.25) is 0 Å². The molecule has 0 radical (unpaired) electrons. The van der Waals surface area contributed by atoms with Gasteiger partial charge in [0.05, 0.1) is 18.8 Å². The predicted octanol–water partition coefficient (Wildman–Crippen LogP) is 3.36. The molecule has 0 bridgehead atoms. The fourth-order valence-corrected chi connectivity index (χ4v) is 4.89. The van der Waals surface area contributed by atoms with Crippen molar-refractivity contribution in [3.8, 4) is 0 Å². The molecule has 2 aromatic rings. The smallest absolute Gasteiger partial charge is 0.133 e. The first-order valence-corrected chi connectivity index (χ1v) is 10.4. The van der Waals surface area contributed by atoms with Crippen LogP contribution in [0.25, 0.3) is 0 Å². The second-order valence-electron chi connectivity index (χ2n) is 9.12. The topological polar surface area (TPSA) is 46.0 Å². The first-order valence-electron chi connectivity index (χ1n) is 10.4. The maximum absolute atomic E-state index is 12.7. The summed E-state index contributed by atoms with van der Waals surface area (Å²) in [7, 11) is 0. The Morgan fingerprint density at radius 3 is 2.32 bits per heavy atom. The summed E-state index contributed by atoms with van der Waals surface area (Å²) in [4.78, 5) is 0. The second-order valence-corrected chi connectivity index (χ2v) is 9.12. The van der Waals surface area contributed by atoms with E-state index < -0.39 is 0 Å². The molecule has 2 fully saturated rings. The van der Waals surface area contributed by atoms with Gasteiger partial charge in [-0.15, -0.1) is 0 Å². The highest BCUT2D eigenvalue weighted by atomic mass is 16.6. The number of hydrogen-bond acceptors (Lipinski definition) is 3. The summed E-state index contributed by atoms with van der Waals surface area (Å²) in [5.41, 5.74) is 2.51. The molecule has 150 valence electrons. The van der Waals surface area contributed by atoms with Crippen LogP contribution < -0.4 is 5.06 Å². The molecule has 2 aliphatic rings. The number of fused-ring (bicyclic) bond motifs is 1. The van der Waals surface area contributed by atoms with E-state index in [-0.39, 0.29) is 28.8 Å². The molecule has 28 heavy (non-hydrogen) atoms. The van der Waals surface area contributed by atoms with Crippen LogP contribution in [0.3, 0.4) is 0 Å². The van der Waals surface area contributed by atoms with Gasteiger partial charge in [-0.1, -0.05) is 74.5 Å². The number of rotatable bonds is 7. The maximum Gasteiger partial charge on any atom is 0.133 e. The van der Waals surface area contributed by atoms with E-state index in [1.807, 2.05) is 48.5 Å². The maximum atomic E-state index is 12.7. The lowest BCUT2D eigenvalue weighted by Gasteiger charge is -2.30. The number of hydroxylamine groups is 2. The minimum Gasteiger partial charge on any atom is -0.634 e. The molecule has 1 heterocycles. The number of benzene rings is 2. The standard InChI is InChI=1S/C24H31NO3/c1-24(2)13-20-21(14-24)28-22(16-25(26)15-18-9-5-3-6-10-18)23(20)27-17-19-11-7-4-8-12-19/h3-12,20-23,25H,13-17H2,1-2H3. The van der Waals surface area contributed by atoms with E-state index >= 15 is 0 Å². The van der Waals surface area contributed by atoms with E-state index in [4.69, 9.17) is 9.47 Å². The van der Waals surface area contributed by atoms with E-state index in [0.29, 0.717) is 25.6 Å². The average molecular weight is 382 g/mol. The summed E-state index contributed by atoms with van der Waals surface area (Å²) >= 11 is 0. The van der Waals surface area contributed by atoms with Gasteiger partial charge in [-0.2, -0.15) is 0 Å². The Bertz CT molecular complexity index is 749. The summed E-state index contributed by atoms with van der Waals surface area (Å²) < 4.78 is 12.8. The third-order valence-corrected chi connectivity index (χ3v) is 6.12. The molecule has 0 spiro atoms. The van der Waals surface area contributed by atoms with Gasteiger partial charge in [-0.25, -0.2) is 0 Å². The van der Waals surface area contributed by atoms with Crippen LogP contribution in [0.15, 0.2) is 60.7 Å². The number of nitrogens with one attached hydrogen (secondary N) is 1. The molecule has 1 aliphatic carbocycles. The highest BCUT2D eigenvalue weighted by Crippen LogP contribution is 2.49. The SMILES string of the molecule is CC1(C)CC2OC(C[NH+]([O-])Cc3ccccc3)C(OCc3ccccc3)C2C1. The van der Waals surface area contributed by atoms with Gasteiger partial charge in [0.15, 0.2) is 0 Å². The normalized spacial score (nSPS) is 29.5. The molecule has 2 aromatic carbocycles. The van der Waals surface area contributed by atoms with E-state index in [1.54, 1.807) is 0 Å². The zero-order chi connectivity index (χ0) is 19.6. The van der Waals surface area contributed by atoms with Crippen molar-refractivity contribution in [2.75, 3.05) is 6.54 Å². The molecular formula is C24H31NO3. The molecule has 1 saturated heterocycles. The Morgan fingerprint density at radius 1 is 1.00 bits per heavy atom. The second kappa shape index (κ2) is 8.34. The van der Waals surface area contributed by atoms with Crippen LogP contribution in [0.1, 0.15) is 37.8 Å². The summed E-state index contributed by atoms with van der Waals surface area (Å²) in [5, 5.41) is 12.9. The fraction of sp³-hybridized carbons (Fsp3) is 0.500. The van der Waals surface area contributed by atoms with Crippen LogP contribution in [-0.4, -0.2) is 24.9 Å². The summed E-state index contributed by atoms with van der Waals surface area (Å²) in [6, 6.07) is 20.2. The Hall–Kier alpha value is -1.72. The van der Waals surface area contributed by atoms with Crippen LogP contribution >= 0.6 is 0 Å². The molecular weight excluding hydrogens is 350 g/mol. The van der Waals surface area contributed by atoms with Crippen molar-refractivity contribution in [1.29, 1.82) is 0 Å². The minimum atomic E-state index is -0.133. The molecule has 4 nitrogen and oxygen atoms in total. The molecule has 1 N–H and O–H groups in total. The van der Waals surface area contributed by atoms with Crippen LogP contribution in [-0.2, 0) is 22.6 Å². The third-order valence-electron chi connectivity index (χ3n) is 6.12. The molecule has 0 amide bonds. The van der Waals surface area contributed by atoms with Crippen molar-refractivity contribution in [2.45, 2.75) is 58.2 Å². The zero-order valence-corrected chi connectivity index (χ0v) is 16.8. The minimum absolute atomic E-state index is 0.00768. The first kappa shape index (κ1) is 19.6. The lowest BCUT2D eigenvalue weighted by Crippen LogP contribution is -3.07. The first-order chi connectivity index (χ1) is 13.5. The number of hydrogen-bond donors (Lipinski definition) is 1. The van der Waals surface area contributed by atoms with E-state index in [9.17, 15) is 5.21 Å². The third kappa shape index (κ3) is 4.64. The average Bonchev–Trinajstić information content (AvgIpc) is 3.12. The van der Waals surface area contributed by atoms with Crippen LogP contribution in [0.5, 0.6) is 0 Å². The van der Waals surface area contributed by atoms with Crippen LogP contribution in [0.4, 0.5) is 0 Å². The van der Waals surface area contributed by atoms with Gasteiger partial charge in [0.1, 0.15) is 19.2 Å². The lowest BCUT2D eigenvalue weighted by molar-refractivity contribution is -0.866. The zero-order valence-electron chi connectivity index (χ0n) is 16.8. The van der Waals surface area contributed by atoms with Crippen molar-refractivity contribution in [2.24, 2.45) is 11.3 Å². The van der Waals surface area contributed by atoms with Crippen LogP contribution in [0.2, 0.25) is 0 Å². The van der Waals surface area contributed by atoms with Crippen LogP contribution in [0, 0.1) is 16.5 Å². The van der Waals surface area contributed by atoms with Gasteiger partial charge in [0.2, 0.25) is 0 Å². The lowest BCUT2D eigenvalue weighted by atomic mass is 9.88. The Morgan fingerprint density at radius 2 is 1.64 bits per heavy atom. The largest absolute Gasteiger partial charge is 0.634 e. The summed E-state index contributed by atoms with van der Waals surface area (Å²) in [6.07, 6.45) is 2.22. The van der Waals surface area contributed by atoms with Gasteiger partial charge in [-0.05, 0) is 23.8 Å². The van der Waals surface area contributed by atoms with Crippen molar-refractivity contribution >= 4 is 0 Å². The van der Waals surface area contributed by atoms with E-state index in [2.05, 4.69) is 26.0 Å². The van der Waals surface area contributed by atoms with Gasteiger partial charge >= 0.3 is 0 Å². The van der Waals surface area contributed by atoms with Crippen molar-refractivity contribution in [1.82, 2.24) is 0 Å². The van der Waals surface area contributed by atoms with Crippen molar-refractivity contribution < 1.29 is 14.5 Å². The molecule has 1 saturated carbocycles. The molecule has 4 rings (SSSR count). The number of ether oxygens (including phenoxy) is 2. The van der Waals surface area contributed by atoms with Gasteiger partial charge in [0, 0.05) is 11.5 Å². The monoisotopic (exact) mass is 381 g/mol. The molecule has 4 heteroatoms. The molecule has 0 aromatic heterocycles. The Kier molecular flexibility index (Phi) is 5.83.